The van der Waals surface area contributed by atoms with Gasteiger partial charge in [0, 0.05) is 25.2 Å². The third-order valence-electron chi connectivity index (χ3n) is 3.32. The van der Waals surface area contributed by atoms with Crippen LogP contribution in [0.1, 0.15) is 26.7 Å². The molecule has 2 unspecified atom stereocenters. The first-order valence-corrected chi connectivity index (χ1v) is 6.44. The van der Waals surface area contributed by atoms with Crippen molar-refractivity contribution < 1.29 is 9.53 Å². The van der Waals surface area contributed by atoms with Gasteiger partial charge in [0.1, 0.15) is 0 Å². The molecule has 0 radical (unpaired) electrons. The van der Waals surface area contributed by atoms with Crippen molar-refractivity contribution in [3.8, 4) is 0 Å². The third kappa shape index (κ3) is 4.88. The number of hydrogen-bond acceptors (Lipinski definition) is 4. The fraction of sp³-hybridized carbons (Fsp3) is 0.769. The van der Waals surface area contributed by atoms with E-state index in [1.807, 2.05) is 13.0 Å². The van der Waals surface area contributed by atoms with Crippen LogP contribution in [0.25, 0.3) is 0 Å². The fourth-order valence-electron chi connectivity index (χ4n) is 2.18. The minimum Gasteiger partial charge on any atom is -0.463 e. The highest BCUT2D eigenvalue weighted by molar-refractivity contribution is 5.81. The number of rotatable bonds is 5. The molecule has 0 spiro atoms. The first kappa shape index (κ1) is 14.2. The zero-order valence-electron chi connectivity index (χ0n) is 10.9. The van der Waals surface area contributed by atoms with Gasteiger partial charge in [-0.25, -0.2) is 4.79 Å². The quantitative estimate of drug-likeness (QED) is 0.579. The van der Waals surface area contributed by atoms with Crippen molar-refractivity contribution in [3.05, 3.63) is 12.2 Å². The Morgan fingerprint density at radius 2 is 2.29 bits per heavy atom. The van der Waals surface area contributed by atoms with E-state index in [0.29, 0.717) is 18.6 Å². The first-order chi connectivity index (χ1) is 8.17. The number of hydrogen-bond donors (Lipinski definition) is 1. The molecule has 1 fully saturated rings. The molecule has 0 aromatic rings. The van der Waals surface area contributed by atoms with Gasteiger partial charge in [-0.15, -0.1) is 0 Å². The highest BCUT2D eigenvalue weighted by atomic mass is 16.5. The number of carbonyl (C=O) groups is 1. The molecule has 0 aromatic heterocycles. The van der Waals surface area contributed by atoms with Gasteiger partial charge in [-0.3, -0.25) is 4.90 Å². The van der Waals surface area contributed by atoms with Crippen molar-refractivity contribution in [2.24, 2.45) is 11.7 Å². The van der Waals surface area contributed by atoms with E-state index >= 15 is 0 Å². The summed E-state index contributed by atoms with van der Waals surface area (Å²) in [4.78, 5) is 13.5. The second kappa shape index (κ2) is 7.45. The Kier molecular flexibility index (Phi) is 6.22. The molecular weight excluding hydrogens is 216 g/mol. The van der Waals surface area contributed by atoms with Gasteiger partial charge in [0.25, 0.3) is 0 Å². The Morgan fingerprint density at radius 3 is 2.94 bits per heavy atom. The van der Waals surface area contributed by atoms with Crippen LogP contribution in [-0.4, -0.2) is 43.2 Å². The van der Waals surface area contributed by atoms with Gasteiger partial charge in [0.05, 0.1) is 6.61 Å². The summed E-state index contributed by atoms with van der Waals surface area (Å²) in [5.74, 6) is 0.342. The molecule has 1 aliphatic rings. The molecule has 0 amide bonds. The van der Waals surface area contributed by atoms with Crippen LogP contribution in [-0.2, 0) is 9.53 Å². The van der Waals surface area contributed by atoms with Crippen molar-refractivity contribution in [2.45, 2.75) is 32.7 Å². The molecule has 2 N–H and O–H groups in total. The number of likely N-dealkylation sites (tertiary alicyclic amines) is 1. The topological polar surface area (TPSA) is 55.6 Å². The lowest BCUT2D eigenvalue weighted by Crippen LogP contribution is -2.43. The summed E-state index contributed by atoms with van der Waals surface area (Å²) in [5.41, 5.74) is 5.71. The molecule has 4 heteroatoms. The van der Waals surface area contributed by atoms with Crippen LogP contribution in [0.15, 0.2) is 12.2 Å². The Morgan fingerprint density at radius 1 is 1.53 bits per heavy atom. The van der Waals surface area contributed by atoms with E-state index in [1.165, 1.54) is 18.9 Å². The molecular formula is C13H24N2O2. The number of nitrogens with two attached hydrogens (primary N) is 1. The Balaban J connectivity index is 2.36. The predicted octanol–water partition coefficient (Wildman–Crippen LogP) is 1.16. The maximum absolute atomic E-state index is 11.1. The molecule has 4 nitrogen and oxygen atoms in total. The predicted molar refractivity (Wildman–Crippen MR) is 68.6 cm³/mol. The molecule has 1 aliphatic heterocycles. The summed E-state index contributed by atoms with van der Waals surface area (Å²) in [6.07, 6.45) is 5.81. The number of carbonyl (C=O) groups excluding carboxylic acids is 1. The van der Waals surface area contributed by atoms with Gasteiger partial charge < -0.3 is 10.5 Å². The van der Waals surface area contributed by atoms with Gasteiger partial charge in [0.15, 0.2) is 0 Å². The van der Waals surface area contributed by atoms with E-state index in [0.717, 1.165) is 19.6 Å². The zero-order chi connectivity index (χ0) is 12.7. The van der Waals surface area contributed by atoms with Crippen molar-refractivity contribution in [2.75, 3.05) is 26.2 Å². The SMILES string of the molecule is CCOC(=O)/C=C/CN1CC(CN)CCC1C. The molecule has 17 heavy (non-hydrogen) atoms. The summed E-state index contributed by atoms with van der Waals surface area (Å²) in [6, 6.07) is 0.574. The lowest BCUT2D eigenvalue weighted by atomic mass is 9.93. The number of ether oxygens (including phenoxy) is 1. The molecule has 0 saturated carbocycles. The van der Waals surface area contributed by atoms with Crippen LogP contribution >= 0.6 is 0 Å². The number of esters is 1. The van der Waals surface area contributed by atoms with E-state index in [2.05, 4.69) is 11.8 Å². The van der Waals surface area contributed by atoms with Crippen molar-refractivity contribution in [1.29, 1.82) is 0 Å². The van der Waals surface area contributed by atoms with Gasteiger partial charge in [-0.2, -0.15) is 0 Å². The van der Waals surface area contributed by atoms with E-state index in [4.69, 9.17) is 10.5 Å². The summed E-state index contributed by atoms with van der Waals surface area (Å²) < 4.78 is 4.84. The highest BCUT2D eigenvalue weighted by Crippen LogP contribution is 2.20. The molecule has 0 bridgehead atoms. The maximum atomic E-state index is 11.1. The van der Waals surface area contributed by atoms with Crippen LogP contribution < -0.4 is 5.73 Å². The monoisotopic (exact) mass is 240 g/mol. The van der Waals surface area contributed by atoms with Crippen LogP contribution in [0.2, 0.25) is 0 Å². The van der Waals surface area contributed by atoms with Crippen molar-refractivity contribution in [1.82, 2.24) is 4.90 Å². The molecule has 1 rings (SSSR count). The second-order valence-electron chi connectivity index (χ2n) is 4.64. The second-order valence-corrected chi connectivity index (χ2v) is 4.64. The van der Waals surface area contributed by atoms with E-state index in [9.17, 15) is 4.79 Å². The van der Waals surface area contributed by atoms with E-state index < -0.39 is 0 Å². The Labute approximate surface area is 104 Å². The standard InChI is InChI=1S/C13H24N2O2/c1-3-17-13(16)5-4-8-15-10-12(9-14)7-6-11(15)2/h4-5,11-12H,3,6-10,14H2,1-2H3/b5-4+. The molecule has 98 valence electrons. The Bertz CT molecular complexity index is 266. The van der Waals surface area contributed by atoms with Crippen LogP contribution in [0, 0.1) is 5.92 Å². The van der Waals surface area contributed by atoms with Gasteiger partial charge in [0.2, 0.25) is 0 Å². The lowest BCUT2D eigenvalue weighted by molar-refractivity contribution is -0.137. The molecule has 0 aromatic carbocycles. The van der Waals surface area contributed by atoms with Crippen LogP contribution in [0.3, 0.4) is 0 Å². The van der Waals surface area contributed by atoms with E-state index in [-0.39, 0.29) is 5.97 Å². The Hall–Kier alpha value is -0.870. The first-order valence-electron chi connectivity index (χ1n) is 6.44. The van der Waals surface area contributed by atoms with E-state index in [1.54, 1.807) is 0 Å². The van der Waals surface area contributed by atoms with Crippen LogP contribution in [0.4, 0.5) is 0 Å². The average Bonchev–Trinajstić information content (AvgIpc) is 2.32. The molecule has 1 heterocycles. The number of piperidine rings is 1. The maximum Gasteiger partial charge on any atom is 0.330 e. The van der Waals surface area contributed by atoms with Crippen LogP contribution in [0.5, 0.6) is 0 Å². The summed E-state index contributed by atoms with van der Waals surface area (Å²) in [7, 11) is 0. The fourth-order valence-corrected chi connectivity index (χ4v) is 2.18. The molecule has 0 aliphatic carbocycles. The molecule has 2 atom stereocenters. The van der Waals surface area contributed by atoms with Gasteiger partial charge in [-0.1, -0.05) is 6.08 Å². The third-order valence-corrected chi connectivity index (χ3v) is 3.32. The summed E-state index contributed by atoms with van der Waals surface area (Å²) in [5, 5.41) is 0. The average molecular weight is 240 g/mol. The van der Waals surface area contributed by atoms with Gasteiger partial charge >= 0.3 is 5.97 Å². The summed E-state index contributed by atoms with van der Waals surface area (Å²) >= 11 is 0. The van der Waals surface area contributed by atoms with Gasteiger partial charge in [-0.05, 0) is 39.2 Å². The normalized spacial score (nSPS) is 26.3. The minimum absolute atomic E-state index is 0.257. The van der Waals surface area contributed by atoms with Crippen molar-refractivity contribution in [3.63, 3.8) is 0 Å². The smallest absolute Gasteiger partial charge is 0.330 e. The minimum atomic E-state index is -0.257. The largest absolute Gasteiger partial charge is 0.463 e. The molecule has 1 saturated heterocycles. The lowest BCUT2D eigenvalue weighted by Gasteiger charge is -2.36. The highest BCUT2D eigenvalue weighted by Gasteiger charge is 2.23. The summed E-state index contributed by atoms with van der Waals surface area (Å²) in [6.45, 7) is 7.06. The van der Waals surface area contributed by atoms with Crippen molar-refractivity contribution >= 4 is 5.97 Å². The number of nitrogens with zero attached hydrogens (tertiary/aromatic N) is 1. The zero-order valence-corrected chi connectivity index (χ0v) is 10.9.